The van der Waals surface area contributed by atoms with Crippen LogP contribution < -0.4 is 4.74 Å². The van der Waals surface area contributed by atoms with Gasteiger partial charge in [-0.05, 0) is 42.5 Å². The normalized spacial score (nSPS) is 20.1. The number of hydrogen-bond acceptors (Lipinski definition) is 1. The standard InChI is InChI=1S/C15H18O/c1-3-12-7-4-5-10-15(12)13-8-6-9-14(11-13)16-2/h3,6-9,11,15H,1,4-5,10H2,2H3. The molecule has 1 atom stereocenters. The summed E-state index contributed by atoms with van der Waals surface area (Å²) in [7, 11) is 1.71. The van der Waals surface area contributed by atoms with E-state index in [1.165, 1.54) is 30.4 Å². The Bertz CT molecular complexity index is 404. The van der Waals surface area contributed by atoms with Gasteiger partial charge in [0, 0.05) is 5.92 Å². The predicted octanol–water partition coefficient (Wildman–Crippen LogP) is 4.08. The zero-order valence-electron chi connectivity index (χ0n) is 9.78. The van der Waals surface area contributed by atoms with Crippen LogP contribution in [0.4, 0.5) is 0 Å². The monoisotopic (exact) mass is 214 g/mol. The highest BCUT2D eigenvalue weighted by Crippen LogP contribution is 2.35. The zero-order chi connectivity index (χ0) is 11.4. The van der Waals surface area contributed by atoms with Gasteiger partial charge < -0.3 is 4.74 Å². The second-order valence-electron chi connectivity index (χ2n) is 4.17. The lowest BCUT2D eigenvalue weighted by Crippen LogP contribution is -2.05. The highest BCUT2D eigenvalue weighted by Gasteiger charge is 2.17. The SMILES string of the molecule is C=CC1=CCCCC1c1cccc(OC)c1. The summed E-state index contributed by atoms with van der Waals surface area (Å²) in [5.41, 5.74) is 2.70. The molecule has 0 saturated carbocycles. The third-order valence-electron chi connectivity index (χ3n) is 3.21. The minimum atomic E-state index is 0.501. The molecule has 0 heterocycles. The third-order valence-corrected chi connectivity index (χ3v) is 3.21. The maximum absolute atomic E-state index is 5.27. The summed E-state index contributed by atoms with van der Waals surface area (Å²) in [5, 5.41) is 0. The summed E-state index contributed by atoms with van der Waals surface area (Å²) in [4.78, 5) is 0. The highest BCUT2D eigenvalue weighted by atomic mass is 16.5. The van der Waals surface area contributed by atoms with Gasteiger partial charge in [0.2, 0.25) is 0 Å². The van der Waals surface area contributed by atoms with Crippen LogP contribution in [0.2, 0.25) is 0 Å². The van der Waals surface area contributed by atoms with Gasteiger partial charge in [0.15, 0.2) is 0 Å². The van der Waals surface area contributed by atoms with Crippen LogP contribution in [-0.4, -0.2) is 7.11 Å². The molecule has 0 aliphatic heterocycles. The summed E-state index contributed by atoms with van der Waals surface area (Å²) >= 11 is 0. The Balaban J connectivity index is 2.31. The molecule has 1 aliphatic carbocycles. The zero-order valence-corrected chi connectivity index (χ0v) is 9.78. The summed E-state index contributed by atoms with van der Waals surface area (Å²) < 4.78 is 5.27. The Labute approximate surface area is 97.4 Å². The van der Waals surface area contributed by atoms with Crippen molar-refractivity contribution in [3.63, 3.8) is 0 Å². The van der Waals surface area contributed by atoms with Crippen molar-refractivity contribution < 1.29 is 4.74 Å². The fraction of sp³-hybridized carbons (Fsp3) is 0.333. The molecule has 1 nitrogen and oxygen atoms in total. The van der Waals surface area contributed by atoms with E-state index in [1.807, 2.05) is 12.1 Å². The van der Waals surface area contributed by atoms with Crippen molar-refractivity contribution in [2.75, 3.05) is 7.11 Å². The highest BCUT2D eigenvalue weighted by molar-refractivity contribution is 5.39. The van der Waals surface area contributed by atoms with Gasteiger partial charge in [0.1, 0.15) is 5.75 Å². The van der Waals surface area contributed by atoms with E-state index in [9.17, 15) is 0 Å². The van der Waals surface area contributed by atoms with Crippen molar-refractivity contribution in [3.05, 3.63) is 54.1 Å². The Hall–Kier alpha value is -1.50. The smallest absolute Gasteiger partial charge is 0.119 e. The molecule has 0 fully saturated rings. The summed E-state index contributed by atoms with van der Waals surface area (Å²) in [6.45, 7) is 3.90. The first-order valence-electron chi connectivity index (χ1n) is 5.81. The second-order valence-corrected chi connectivity index (χ2v) is 4.17. The van der Waals surface area contributed by atoms with Crippen molar-refractivity contribution in [2.24, 2.45) is 0 Å². The van der Waals surface area contributed by atoms with Gasteiger partial charge >= 0.3 is 0 Å². The molecule has 1 unspecified atom stereocenters. The van der Waals surface area contributed by atoms with Gasteiger partial charge in [0.05, 0.1) is 7.11 Å². The summed E-state index contributed by atoms with van der Waals surface area (Å²) in [5.74, 6) is 1.44. The van der Waals surface area contributed by atoms with Gasteiger partial charge in [-0.1, -0.05) is 30.9 Å². The van der Waals surface area contributed by atoms with E-state index in [0.717, 1.165) is 5.75 Å². The largest absolute Gasteiger partial charge is 0.497 e. The molecular weight excluding hydrogens is 196 g/mol. The molecule has 1 aromatic carbocycles. The van der Waals surface area contributed by atoms with Crippen molar-refractivity contribution in [1.82, 2.24) is 0 Å². The minimum Gasteiger partial charge on any atom is -0.497 e. The van der Waals surface area contributed by atoms with Gasteiger partial charge in [-0.15, -0.1) is 0 Å². The molecule has 84 valence electrons. The Morgan fingerprint density at radius 2 is 2.31 bits per heavy atom. The molecule has 0 spiro atoms. The second kappa shape index (κ2) is 5.02. The average molecular weight is 214 g/mol. The van der Waals surface area contributed by atoms with Gasteiger partial charge in [-0.3, -0.25) is 0 Å². The molecule has 2 rings (SSSR count). The molecule has 0 amide bonds. The van der Waals surface area contributed by atoms with E-state index in [4.69, 9.17) is 4.74 Å². The molecule has 1 aliphatic rings. The van der Waals surface area contributed by atoms with Crippen molar-refractivity contribution >= 4 is 0 Å². The number of hydrogen-bond donors (Lipinski definition) is 0. The molecule has 0 aromatic heterocycles. The average Bonchev–Trinajstić information content (AvgIpc) is 2.38. The minimum absolute atomic E-state index is 0.501. The number of rotatable bonds is 3. The van der Waals surface area contributed by atoms with E-state index in [0.29, 0.717) is 5.92 Å². The topological polar surface area (TPSA) is 9.23 Å². The Morgan fingerprint density at radius 3 is 3.06 bits per heavy atom. The van der Waals surface area contributed by atoms with Crippen molar-refractivity contribution in [1.29, 1.82) is 0 Å². The molecule has 16 heavy (non-hydrogen) atoms. The number of methoxy groups -OCH3 is 1. The molecule has 0 radical (unpaired) electrons. The predicted molar refractivity (Wildman–Crippen MR) is 67.9 cm³/mol. The molecular formula is C15H18O. The van der Waals surface area contributed by atoms with Crippen LogP contribution in [0.3, 0.4) is 0 Å². The molecule has 0 saturated heterocycles. The van der Waals surface area contributed by atoms with Crippen LogP contribution in [0.1, 0.15) is 30.7 Å². The molecule has 1 heteroatoms. The lowest BCUT2D eigenvalue weighted by molar-refractivity contribution is 0.414. The quantitative estimate of drug-likeness (QED) is 0.736. The van der Waals surface area contributed by atoms with Gasteiger partial charge in [-0.2, -0.15) is 0 Å². The number of benzene rings is 1. The van der Waals surface area contributed by atoms with Crippen LogP contribution in [0, 0.1) is 0 Å². The van der Waals surface area contributed by atoms with E-state index < -0.39 is 0 Å². The molecule has 0 bridgehead atoms. The van der Waals surface area contributed by atoms with Crippen LogP contribution in [0.25, 0.3) is 0 Å². The first-order chi connectivity index (χ1) is 7.85. The summed E-state index contributed by atoms with van der Waals surface area (Å²) in [6.07, 6.45) is 7.95. The Kier molecular flexibility index (Phi) is 3.45. The number of ether oxygens (including phenoxy) is 1. The Morgan fingerprint density at radius 1 is 1.44 bits per heavy atom. The summed E-state index contributed by atoms with van der Waals surface area (Å²) in [6, 6.07) is 8.36. The maximum Gasteiger partial charge on any atom is 0.119 e. The number of allylic oxidation sites excluding steroid dienone is 3. The molecule has 1 aromatic rings. The maximum atomic E-state index is 5.27. The van der Waals surface area contributed by atoms with Gasteiger partial charge in [0.25, 0.3) is 0 Å². The van der Waals surface area contributed by atoms with Crippen LogP contribution in [-0.2, 0) is 0 Å². The third kappa shape index (κ3) is 2.19. The molecule has 0 N–H and O–H groups in total. The van der Waals surface area contributed by atoms with Gasteiger partial charge in [-0.25, -0.2) is 0 Å². The van der Waals surface area contributed by atoms with Crippen molar-refractivity contribution in [3.8, 4) is 5.75 Å². The van der Waals surface area contributed by atoms with E-state index in [1.54, 1.807) is 7.11 Å². The van der Waals surface area contributed by atoms with Crippen LogP contribution in [0.15, 0.2) is 48.6 Å². The van der Waals surface area contributed by atoms with Crippen LogP contribution in [0.5, 0.6) is 5.75 Å². The van der Waals surface area contributed by atoms with Crippen molar-refractivity contribution in [2.45, 2.75) is 25.2 Å². The fourth-order valence-electron chi connectivity index (χ4n) is 2.34. The lowest BCUT2D eigenvalue weighted by Gasteiger charge is -2.23. The van der Waals surface area contributed by atoms with E-state index in [2.05, 4.69) is 30.9 Å². The van der Waals surface area contributed by atoms with E-state index >= 15 is 0 Å². The van der Waals surface area contributed by atoms with Crippen LogP contribution >= 0.6 is 0 Å². The first kappa shape index (κ1) is 11.0. The van der Waals surface area contributed by atoms with E-state index in [-0.39, 0.29) is 0 Å². The fourth-order valence-corrected chi connectivity index (χ4v) is 2.34. The lowest BCUT2D eigenvalue weighted by atomic mass is 9.82. The first-order valence-corrected chi connectivity index (χ1v) is 5.81.